The van der Waals surface area contributed by atoms with Gasteiger partial charge in [0.1, 0.15) is 12.4 Å². The van der Waals surface area contributed by atoms with E-state index in [1.165, 1.54) is 6.08 Å². The molecule has 4 heteroatoms. The number of carbonyl (C=O) groups excluding carboxylic acids is 1. The van der Waals surface area contributed by atoms with Gasteiger partial charge in [0.15, 0.2) is 0 Å². The quantitative estimate of drug-likeness (QED) is 0.620. The Balaban J connectivity index is 2.52. The van der Waals surface area contributed by atoms with Crippen LogP contribution in [0.2, 0.25) is 0 Å². The average molecular weight is 250 g/mol. The van der Waals surface area contributed by atoms with Crippen molar-refractivity contribution >= 4 is 12.0 Å². The van der Waals surface area contributed by atoms with Crippen LogP contribution in [-0.4, -0.2) is 30.4 Å². The summed E-state index contributed by atoms with van der Waals surface area (Å²) in [7, 11) is 0. The van der Waals surface area contributed by atoms with Crippen LogP contribution in [-0.2, 0) is 9.53 Å². The largest absolute Gasteiger partial charge is 0.491 e. The summed E-state index contributed by atoms with van der Waals surface area (Å²) in [6.45, 7) is 3.87. The molecule has 0 saturated carbocycles. The molecule has 4 nitrogen and oxygen atoms in total. The predicted octanol–water partition coefficient (Wildman–Crippen LogP) is 2.02. The second kappa shape index (κ2) is 7.50. The Morgan fingerprint density at radius 1 is 1.33 bits per heavy atom. The van der Waals surface area contributed by atoms with Gasteiger partial charge in [-0.1, -0.05) is 12.1 Å². The van der Waals surface area contributed by atoms with Gasteiger partial charge in [0, 0.05) is 6.08 Å². The fourth-order valence-electron chi connectivity index (χ4n) is 1.27. The van der Waals surface area contributed by atoms with E-state index in [1.54, 1.807) is 32.1 Å². The minimum absolute atomic E-state index is 0.0112. The lowest BCUT2D eigenvalue weighted by Crippen LogP contribution is -2.08. The lowest BCUT2D eigenvalue weighted by atomic mass is 10.2. The van der Waals surface area contributed by atoms with Crippen LogP contribution in [0, 0.1) is 0 Å². The molecule has 0 atom stereocenters. The molecule has 0 saturated heterocycles. The Morgan fingerprint density at radius 2 is 2.00 bits per heavy atom. The average Bonchev–Trinajstić information content (AvgIpc) is 2.34. The first-order chi connectivity index (χ1) is 8.61. The molecule has 0 amide bonds. The standard InChI is InChI=1S/C14H18O4/c1-11(2)18-14(16)8-5-12-3-6-13(7-4-12)17-10-9-15/h3-8,11,15H,9-10H2,1-2H3/b8-5+. The normalized spacial score (nSPS) is 10.9. The van der Waals surface area contributed by atoms with Gasteiger partial charge in [-0.15, -0.1) is 0 Å². The fourth-order valence-corrected chi connectivity index (χ4v) is 1.27. The van der Waals surface area contributed by atoms with Gasteiger partial charge in [0.2, 0.25) is 0 Å². The molecular formula is C14H18O4. The maximum atomic E-state index is 11.3. The van der Waals surface area contributed by atoms with E-state index in [0.717, 1.165) is 5.56 Å². The van der Waals surface area contributed by atoms with E-state index in [9.17, 15) is 4.79 Å². The molecule has 1 rings (SSSR count). The first kappa shape index (κ1) is 14.3. The summed E-state index contributed by atoms with van der Waals surface area (Å²) >= 11 is 0. The molecule has 1 aromatic carbocycles. The summed E-state index contributed by atoms with van der Waals surface area (Å²) < 4.78 is 10.2. The molecule has 0 aliphatic rings. The summed E-state index contributed by atoms with van der Waals surface area (Å²) in [5, 5.41) is 8.61. The topological polar surface area (TPSA) is 55.8 Å². The van der Waals surface area contributed by atoms with E-state index in [0.29, 0.717) is 5.75 Å². The molecule has 0 heterocycles. The molecule has 1 N–H and O–H groups in total. The fraction of sp³-hybridized carbons (Fsp3) is 0.357. The van der Waals surface area contributed by atoms with Crippen molar-refractivity contribution in [3.63, 3.8) is 0 Å². The molecule has 0 spiro atoms. The van der Waals surface area contributed by atoms with Gasteiger partial charge < -0.3 is 14.6 Å². The number of hydrogen-bond donors (Lipinski definition) is 1. The van der Waals surface area contributed by atoms with Crippen molar-refractivity contribution in [1.29, 1.82) is 0 Å². The van der Waals surface area contributed by atoms with Crippen LogP contribution in [0.3, 0.4) is 0 Å². The smallest absolute Gasteiger partial charge is 0.331 e. The van der Waals surface area contributed by atoms with Crippen molar-refractivity contribution in [2.24, 2.45) is 0 Å². The van der Waals surface area contributed by atoms with Crippen LogP contribution in [0.15, 0.2) is 30.3 Å². The zero-order valence-electron chi connectivity index (χ0n) is 10.6. The number of ether oxygens (including phenoxy) is 2. The highest BCUT2D eigenvalue weighted by molar-refractivity contribution is 5.87. The minimum Gasteiger partial charge on any atom is -0.491 e. The number of benzene rings is 1. The number of esters is 1. The SMILES string of the molecule is CC(C)OC(=O)/C=C/c1ccc(OCCO)cc1. The number of aliphatic hydroxyl groups is 1. The van der Waals surface area contributed by atoms with E-state index < -0.39 is 0 Å². The highest BCUT2D eigenvalue weighted by atomic mass is 16.5. The lowest BCUT2D eigenvalue weighted by molar-refractivity contribution is -0.141. The van der Waals surface area contributed by atoms with E-state index in [-0.39, 0.29) is 25.3 Å². The molecule has 18 heavy (non-hydrogen) atoms. The summed E-state index contributed by atoms with van der Waals surface area (Å²) in [5.41, 5.74) is 0.882. The number of hydrogen-bond acceptors (Lipinski definition) is 4. The molecule has 0 aliphatic heterocycles. The van der Waals surface area contributed by atoms with E-state index >= 15 is 0 Å². The second-order valence-corrected chi connectivity index (χ2v) is 3.96. The van der Waals surface area contributed by atoms with Crippen LogP contribution in [0.4, 0.5) is 0 Å². The van der Waals surface area contributed by atoms with Crippen molar-refractivity contribution in [1.82, 2.24) is 0 Å². The Labute approximate surface area is 107 Å². The highest BCUT2D eigenvalue weighted by Gasteiger charge is 1.99. The lowest BCUT2D eigenvalue weighted by Gasteiger charge is -2.05. The Bertz CT molecular complexity index is 393. The van der Waals surface area contributed by atoms with Gasteiger partial charge in [-0.3, -0.25) is 0 Å². The molecule has 0 radical (unpaired) electrons. The first-order valence-electron chi connectivity index (χ1n) is 5.84. The zero-order chi connectivity index (χ0) is 13.4. The molecule has 0 aromatic heterocycles. The molecule has 0 fully saturated rings. The number of aliphatic hydroxyl groups excluding tert-OH is 1. The highest BCUT2D eigenvalue weighted by Crippen LogP contribution is 2.13. The van der Waals surface area contributed by atoms with Crippen LogP contribution < -0.4 is 4.74 Å². The second-order valence-electron chi connectivity index (χ2n) is 3.96. The Morgan fingerprint density at radius 3 is 2.56 bits per heavy atom. The van der Waals surface area contributed by atoms with Crippen LogP contribution in [0.25, 0.3) is 6.08 Å². The van der Waals surface area contributed by atoms with Crippen LogP contribution in [0.1, 0.15) is 19.4 Å². The van der Waals surface area contributed by atoms with Gasteiger partial charge in [-0.2, -0.15) is 0 Å². The van der Waals surface area contributed by atoms with Gasteiger partial charge >= 0.3 is 5.97 Å². The summed E-state index contributed by atoms with van der Waals surface area (Å²) in [4.78, 5) is 11.3. The van der Waals surface area contributed by atoms with Gasteiger partial charge in [0.25, 0.3) is 0 Å². The molecule has 0 bridgehead atoms. The third kappa shape index (κ3) is 5.50. The molecule has 1 aromatic rings. The van der Waals surface area contributed by atoms with E-state index in [2.05, 4.69) is 0 Å². The number of carbonyl (C=O) groups is 1. The monoisotopic (exact) mass is 250 g/mol. The first-order valence-corrected chi connectivity index (χ1v) is 5.84. The zero-order valence-corrected chi connectivity index (χ0v) is 10.6. The van der Waals surface area contributed by atoms with Crippen molar-refractivity contribution in [2.45, 2.75) is 20.0 Å². The van der Waals surface area contributed by atoms with E-state index in [1.807, 2.05) is 12.1 Å². The number of rotatable bonds is 6. The van der Waals surface area contributed by atoms with Gasteiger partial charge in [0.05, 0.1) is 12.7 Å². The molecular weight excluding hydrogens is 232 g/mol. The van der Waals surface area contributed by atoms with Crippen molar-refractivity contribution < 1.29 is 19.4 Å². The van der Waals surface area contributed by atoms with Crippen molar-refractivity contribution in [3.8, 4) is 5.75 Å². The summed E-state index contributed by atoms with van der Waals surface area (Å²) in [5.74, 6) is 0.330. The Kier molecular flexibility index (Phi) is 5.94. The van der Waals surface area contributed by atoms with E-state index in [4.69, 9.17) is 14.6 Å². The van der Waals surface area contributed by atoms with Crippen molar-refractivity contribution in [2.75, 3.05) is 13.2 Å². The molecule has 0 unspecified atom stereocenters. The third-order valence-electron chi connectivity index (χ3n) is 2.00. The summed E-state index contributed by atoms with van der Waals surface area (Å²) in [6, 6.07) is 7.21. The molecule has 98 valence electrons. The maximum Gasteiger partial charge on any atom is 0.331 e. The maximum absolute atomic E-state index is 11.3. The summed E-state index contributed by atoms with van der Waals surface area (Å²) in [6.07, 6.45) is 2.96. The minimum atomic E-state index is -0.356. The Hall–Kier alpha value is -1.81. The van der Waals surface area contributed by atoms with Gasteiger partial charge in [-0.25, -0.2) is 4.79 Å². The predicted molar refractivity (Wildman–Crippen MR) is 69.3 cm³/mol. The third-order valence-corrected chi connectivity index (χ3v) is 2.00. The molecule has 0 aliphatic carbocycles. The van der Waals surface area contributed by atoms with Crippen molar-refractivity contribution in [3.05, 3.63) is 35.9 Å². The van der Waals surface area contributed by atoms with Gasteiger partial charge in [-0.05, 0) is 37.6 Å². The van der Waals surface area contributed by atoms with Crippen LogP contribution >= 0.6 is 0 Å². The van der Waals surface area contributed by atoms with Crippen LogP contribution in [0.5, 0.6) is 5.75 Å².